The molecule has 2 rings (SSSR count). The molecular weight excluding hydrogens is 288 g/mol. The van der Waals surface area contributed by atoms with E-state index >= 15 is 0 Å². The Morgan fingerprint density at radius 2 is 2.06 bits per heavy atom. The molecule has 1 fully saturated rings. The van der Waals surface area contributed by atoms with Gasteiger partial charge in [0.1, 0.15) is 0 Å². The van der Waals surface area contributed by atoms with Crippen LogP contribution in [0.2, 0.25) is 0 Å². The molecule has 1 unspecified atom stereocenters. The van der Waals surface area contributed by atoms with E-state index in [4.69, 9.17) is 4.74 Å². The van der Waals surface area contributed by atoms with Crippen molar-refractivity contribution in [3.63, 3.8) is 0 Å². The Kier molecular flexibility index (Phi) is 5.25. The second-order valence-corrected chi connectivity index (χ2v) is 6.67. The molecule has 0 bridgehead atoms. The van der Waals surface area contributed by atoms with Crippen LogP contribution in [-0.4, -0.2) is 17.5 Å². The summed E-state index contributed by atoms with van der Waals surface area (Å²) >= 11 is 3.84. The summed E-state index contributed by atoms with van der Waals surface area (Å²) in [5, 5.41) is 0. The van der Waals surface area contributed by atoms with Crippen LogP contribution in [0.4, 0.5) is 0 Å². The highest BCUT2D eigenvalue weighted by molar-refractivity contribution is 9.09. The average molecular weight is 311 g/mol. The van der Waals surface area contributed by atoms with Gasteiger partial charge in [0.15, 0.2) is 0 Å². The summed E-state index contributed by atoms with van der Waals surface area (Å²) in [6, 6.07) is 8.69. The second-order valence-electron chi connectivity index (χ2n) is 5.38. The first-order valence-corrected chi connectivity index (χ1v) is 7.90. The third-order valence-corrected chi connectivity index (χ3v) is 4.58. The third-order valence-electron chi connectivity index (χ3n) is 3.89. The third kappa shape index (κ3) is 3.83. The summed E-state index contributed by atoms with van der Waals surface area (Å²) in [7, 11) is 0. The normalized spacial score (nSPS) is 24.6. The highest BCUT2D eigenvalue weighted by atomic mass is 79.9. The summed E-state index contributed by atoms with van der Waals surface area (Å²) in [4.78, 5) is 0.603. The van der Waals surface area contributed by atoms with Crippen LogP contribution in [0.1, 0.15) is 37.3 Å². The molecule has 1 aromatic carbocycles. The van der Waals surface area contributed by atoms with Gasteiger partial charge in [0.2, 0.25) is 0 Å². The van der Waals surface area contributed by atoms with Gasteiger partial charge in [-0.05, 0) is 56.6 Å². The Bertz CT molecular complexity index is 371. The van der Waals surface area contributed by atoms with Gasteiger partial charge in [0.25, 0.3) is 0 Å². The average Bonchev–Trinajstić information content (AvgIpc) is 2.29. The van der Waals surface area contributed by atoms with Gasteiger partial charge in [-0.3, -0.25) is 0 Å². The van der Waals surface area contributed by atoms with E-state index in [9.17, 15) is 0 Å². The molecule has 1 aliphatic rings. The van der Waals surface area contributed by atoms with Gasteiger partial charge >= 0.3 is 0 Å². The van der Waals surface area contributed by atoms with Crippen molar-refractivity contribution in [1.29, 1.82) is 0 Å². The largest absolute Gasteiger partial charge is 0.378 e. The molecule has 0 amide bonds. The zero-order chi connectivity index (χ0) is 13.0. The predicted molar refractivity (Wildman–Crippen MR) is 80.4 cm³/mol. The summed E-state index contributed by atoms with van der Waals surface area (Å²) in [6.45, 7) is 5.14. The number of halogens is 1. The van der Waals surface area contributed by atoms with Gasteiger partial charge in [0.05, 0.1) is 6.10 Å². The number of hydrogen-bond acceptors (Lipinski definition) is 1. The Labute approximate surface area is 119 Å². The second kappa shape index (κ2) is 6.72. The highest BCUT2D eigenvalue weighted by Crippen LogP contribution is 2.35. The SMILES string of the molecule is CCOC1CC(CC(Br)Cc2ccccc2C)C1. The number of ether oxygens (including phenoxy) is 1. The van der Waals surface area contributed by atoms with E-state index in [0.717, 1.165) is 18.9 Å². The zero-order valence-electron chi connectivity index (χ0n) is 11.4. The van der Waals surface area contributed by atoms with Gasteiger partial charge in [-0.1, -0.05) is 40.2 Å². The molecule has 1 atom stereocenters. The zero-order valence-corrected chi connectivity index (χ0v) is 12.9. The molecule has 18 heavy (non-hydrogen) atoms. The Morgan fingerprint density at radius 1 is 1.33 bits per heavy atom. The molecule has 0 aromatic heterocycles. The maximum absolute atomic E-state index is 5.61. The van der Waals surface area contributed by atoms with E-state index < -0.39 is 0 Å². The van der Waals surface area contributed by atoms with Crippen molar-refractivity contribution in [2.45, 2.75) is 50.5 Å². The molecule has 1 aromatic rings. The Hall–Kier alpha value is -0.340. The molecule has 0 spiro atoms. The maximum Gasteiger partial charge on any atom is 0.0580 e. The standard InChI is InChI=1S/C16H23BrO/c1-3-18-16-9-13(10-16)8-15(17)11-14-7-5-4-6-12(14)2/h4-7,13,15-16H,3,8-11H2,1-2H3. The van der Waals surface area contributed by atoms with Crippen molar-refractivity contribution in [2.24, 2.45) is 5.92 Å². The molecule has 0 heterocycles. The van der Waals surface area contributed by atoms with Crippen molar-refractivity contribution in [1.82, 2.24) is 0 Å². The van der Waals surface area contributed by atoms with E-state index in [1.54, 1.807) is 0 Å². The number of benzene rings is 1. The minimum Gasteiger partial charge on any atom is -0.378 e. The fourth-order valence-corrected chi connectivity index (χ4v) is 3.64. The summed E-state index contributed by atoms with van der Waals surface area (Å²) < 4.78 is 5.61. The monoisotopic (exact) mass is 310 g/mol. The minimum atomic E-state index is 0.540. The molecule has 0 N–H and O–H groups in total. The summed E-state index contributed by atoms with van der Waals surface area (Å²) in [6.07, 6.45) is 5.46. The van der Waals surface area contributed by atoms with Gasteiger partial charge in [0, 0.05) is 11.4 Å². The molecule has 0 radical (unpaired) electrons. The van der Waals surface area contributed by atoms with Crippen molar-refractivity contribution >= 4 is 15.9 Å². The van der Waals surface area contributed by atoms with Crippen LogP contribution in [-0.2, 0) is 11.2 Å². The molecule has 100 valence electrons. The highest BCUT2D eigenvalue weighted by Gasteiger charge is 2.30. The van der Waals surface area contributed by atoms with Crippen LogP contribution >= 0.6 is 15.9 Å². The smallest absolute Gasteiger partial charge is 0.0580 e. The Balaban J connectivity index is 1.73. The topological polar surface area (TPSA) is 9.23 Å². The van der Waals surface area contributed by atoms with Gasteiger partial charge in [-0.15, -0.1) is 0 Å². The van der Waals surface area contributed by atoms with Crippen LogP contribution in [0.3, 0.4) is 0 Å². The number of rotatable bonds is 6. The number of alkyl halides is 1. The lowest BCUT2D eigenvalue weighted by atomic mass is 9.78. The number of hydrogen-bond donors (Lipinski definition) is 0. The molecule has 2 heteroatoms. The minimum absolute atomic E-state index is 0.540. The first-order chi connectivity index (χ1) is 8.69. The van der Waals surface area contributed by atoms with Crippen LogP contribution in [0.15, 0.2) is 24.3 Å². The fraction of sp³-hybridized carbons (Fsp3) is 0.625. The summed E-state index contributed by atoms with van der Waals surface area (Å²) in [5.41, 5.74) is 2.88. The fourth-order valence-electron chi connectivity index (χ4n) is 2.76. The van der Waals surface area contributed by atoms with Gasteiger partial charge in [-0.2, -0.15) is 0 Å². The van der Waals surface area contributed by atoms with E-state index in [1.165, 1.54) is 30.4 Å². The Morgan fingerprint density at radius 3 is 2.72 bits per heavy atom. The van der Waals surface area contributed by atoms with E-state index in [0.29, 0.717) is 10.9 Å². The van der Waals surface area contributed by atoms with E-state index in [2.05, 4.69) is 54.0 Å². The maximum atomic E-state index is 5.61. The molecule has 1 saturated carbocycles. The molecular formula is C16H23BrO. The molecule has 0 saturated heterocycles. The van der Waals surface area contributed by atoms with Gasteiger partial charge < -0.3 is 4.74 Å². The van der Waals surface area contributed by atoms with Gasteiger partial charge in [-0.25, -0.2) is 0 Å². The predicted octanol–water partition coefficient (Wildman–Crippen LogP) is 4.51. The van der Waals surface area contributed by atoms with E-state index in [1.807, 2.05) is 0 Å². The van der Waals surface area contributed by atoms with Crippen LogP contribution in [0, 0.1) is 12.8 Å². The van der Waals surface area contributed by atoms with Crippen molar-refractivity contribution in [3.05, 3.63) is 35.4 Å². The van der Waals surface area contributed by atoms with E-state index in [-0.39, 0.29) is 0 Å². The number of aryl methyl sites for hydroxylation is 1. The molecule has 1 nitrogen and oxygen atoms in total. The molecule has 0 aliphatic heterocycles. The van der Waals surface area contributed by atoms with Crippen LogP contribution < -0.4 is 0 Å². The van der Waals surface area contributed by atoms with Crippen LogP contribution in [0.5, 0.6) is 0 Å². The first kappa shape index (κ1) is 14.1. The first-order valence-electron chi connectivity index (χ1n) is 6.99. The van der Waals surface area contributed by atoms with Crippen molar-refractivity contribution < 1.29 is 4.74 Å². The lowest BCUT2D eigenvalue weighted by molar-refractivity contribution is -0.0263. The van der Waals surface area contributed by atoms with Crippen molar-refractivity contribution in [3.8, 4) is 0 Å². The quantitative estimate of drug-likeness (QED) is 0.703. The molecule has 1 aliphatic carbocycles. The lowest BCUT2D eigenvalue weighted by Crippen LogP contribution is -2.33. The van der Waals surface area contributed by atoms with Crippen LogP contribution in [0.25, 0.3) is 0 Å². The van der Waals surface area contributed by atoms with Crippen molar-refractivity contribution in [2.75, 3.05) is 6.61 Å². The lowest BCUT2D eigenvalue weighted by Gasteiger charge is -2.36. The summed E-state index contributed by atoms with van der Waals surface area (Å²) in [5.74, 6) is 0.856.